The van der Waals surface area contributed by atoms with Crippen molar-refractivity contribution >= 4 is 34.8 Å². The minimum atomic E-state index is -0.392. The first-order valence-electron chi connectivity index (χ1n) is 11.4. The fraction of sp³-hybridized carbons (Fsp3) is 0.0357. The van der Waals surface area contributed by atoms with Crippen LogP contribution in [0.15, 0.2) is 90.1 Å². The van der Waals surface area contributed by atoms with Gasteiger partial charge in [0, 0.05) is 11.9 Å². The number of urea groups is 1. The normalized spacial score (nSPS) is 10.9. The molecule has 9 nitrogen and oxygen atoms in total. The monoisotopic (exact) mass is 487 g/mol. The maximum absolute atomic E-state index is 13.6. The van der Waals surface area contributed by atoms with Crippen LogP contribution in [-0.4, -0.2) is 25.6 Å². The number of H-pyrrole nitrogens is 1. The van der Waals surface area contributed by atoms with E-state index in [2.05, 4.69) is 26.7 Å². The molecule has 2 amide bonds. The fourth-order valence-corrected chi connectivity index (χ4v) is 3.81. The lowest BCUT2D eigenvalue weighted by Gasteiger charge is -2.13. The largest absolute Gasteiger partial charge is 0.347 e. The molecule has 0 aliphatic rings. The molecule has 0 aliphatic carbocycles. The van der Waals surface area contributed by atoms with Crippen molar-refractivity contribution in [3.8, 4) is 11.8 Å². The van der Waals surface area contributed by atoms with Gasteiger partial charge in [-0.3, -0.25) is 9.36 Å². The lowest BCUT2D eigenvalue weighted by molar-refractivity contribution is 0.251. The maximum Gasteiger partial charge on any atom is 0.319 e. The van der Waals surface area contributed by atoms with Gasteiger partial charge in [-0.2, -0.15) is 5.26 Å². The van der Waals surface area contributed by atoms with Gasteiger partial charge in [-0.25, -0.2) is 14.8 Å². The molecule has 2 aromatic heterocycles. The molecule has 0 saturated heterocycles. The second-order valence-corrected chi connectivity index (χ2v) is 8.13. The Morgan fingerprint density at radius 1 is 1.05 bits per heavy atom. The molecule has 180 valence electrons. The van der Waals surface area contributed by atoms with E-state index in [0.29, 0.717) is 40.2 Å². The predicted molar refractivity (Wildman–Crippen MR) is 142 cm³/mol. The molecule has 0 atom stereocenters. The van der Waals surface area contributed by atoms with Crippen LogP contribution in [0.25, 0.3) is 28.7 Å². The van der Waals surface area contributed by atoms with Gasteiger partial charge in [0.15, 0.2) is 0 Å². The number of hydrogen-bond acceptors (Lipinski definition) is 5. The van der Waals surface area contributed by atoms with Gasteiger partial charge in [0.2, 0.25) is 0 Å². The third-order valence-corrected chi connectivity index (χ3v) is 5.62. The second-order valence-electron chi connectivity index (χ2n) is 8.13. The molecular formula is C28H21N7O2. The molecule has 0 bridgehead atoms. The molecular weight excluding hydrogens is 466 g/mol. The molecule has 3 aromatic carbocycles. The van der Waals surface area contributed by atoms with E-state index in [1.165, 1.54) is 4.57 Å². The molecule has 0 saturated carbocycles. The quantitative estimate of drug-likeness (QED) is 0.325. The summed E-state index contributed by atoms with van der Waals surface area (Å²) in [7, 11) is 0. The van der Waals surface area contributed by atoms with Crippen molar-refractivity contribution in [3.05, 3.63) is 118 Å². The summed E-state index contributed by atoms with van der Waals surface area (Å²) in [5, 5.41) is 15.1. The SMILES string of the molecule is N#Cc1ccc(/C=C/c2nc3ccccc3c(=O)n2-c2cccc(NC(=O)NCc3cnc[nH]3)c2)cc1. The zero-order chi connectivity index (χ0) is 25.6. The number of carbonyl (C=O) groups excluding carboxylic acids is 1. The van der Waals surface area contributed by atoms with Gasteiger partial charge < -0.3 is 15.6 Å². The van der Waals surface area contributed by atoms with E-state index in [9.17, 15) is 9.59 Å². The number of amides is 2. The Morgan fingerprint density at radius 2 is 1.89 bits per heavy atom. The number of anilines is 1. The zero-order valence-corrected chi connectivity index (χ0v) is 19.6. The summed E-state index contributed by atoms with van der Waals surface area (Å²) in [4.78, 5) is 37.5. The van der Waals surface area contributed by atoms with Crippen molar-refractivity contribution in [2.45, 2.75) is 6.54 Å². The number of imidazole rings is 1. The summed E-state index contributed by atoms with van der Waals surface area (Å²) in [6.45, 7) is 0.296. The van der Waals surface area contributed by atoms with Gasteiger partial charge in [-0.1, -0.05) is 36.4 Å². The first-order valence-corrected chi connectivity index (χ1v) is 11.4. The van der Waals surface area contributed by atoms with E-state index in [1.54, 1.807) is 73.2 Å². The number of nitrogens with zero attached hydrogens (tertiary/aromatic N) is 4. The van der Waals surface area contributed by atoms with Gasteiger partial charge in [-0.15, -0.1) is 0 Å². The Hall–Kier alpha value is -5.49. The number of nitriles is 1. The Labute approximate surface area is 211 Å². The van der Waals surface area contributed by atoms with Crippen molar-refractivity contribution in [3.63, 3.8) is 0 Å². The predicted octanol–water partition coefficient (Wildman–Crippen LogP) is 4.47. The van der Waals surface area contributed by atoms with E-state index >= 15 is 0 Å². The van der Waals surface area contributed by atoms with Crippen LogP contribution in [0, 0.1) is 11.3 Å². The van der Waals surface area contributed by atoms with Crippen LogP contribution in [-0.2, 0) is 6.54 Å². The van der Waals surface area contributed by atoms with E-state index in [0.717, 1.165) is 11.3 Å². The van der Waals surface area contributed by atoms with E-state index in [1.807, 2.05) is 24.3 Å². The number of nitrogens with one attached hydrogen (secondary N) is 3. The molecule has 0 radical (unpaired) electrons. The number of rotatable bonds is 6. The van der Waals surface area contributed by atoms with Crippen LogP contribution in [0.4, 0.5) is 10.5 Å². The van der Waals surface area contributed by atoms with Crippen LogP contribution in [0.2, 0.25) is 0 Å². The highest BCUT2D eigenvalue weighted by atomic mass is 16.2. The summed E-state index contributed by atoms with van der Waals surface area (Å²) in [5.41, 5.74) is 3.61. The third-order valence-electron chi connectivity index (χ3n) is 5.62. The summed E-state index contributed by atoms with van der Waals surface area (Å²) >= 11 is 0. The Balaban J connectivity index is 1.49. The summed E-state index contributed by atoms with van der Waals surface area (Å²) in [6, 6.07) is 23.0. The van der Waals surface area contributed by atoms with Crippen LogP contribution in [0.1, 0.15) is 22.6 Å². The first-order chi connectivity index (χ1) is 18.1. The molecule has 0 fully saturated rings. The Kier molecular flexibility index (Phi) is 6.55. The van der Waals surface area contributed by atoms with Crippen molar-refractivity contribution in [2.24, 2.45) is 0 Å². The van der Waals surface area contributed by atoms with Gasteiger partial charge in [-0.05, 0) is 54.1 Å². The first kappa shape index (κ1) is 23.3. The standard InChI is InChI=1S/C28H21N7O2/c29-15-20-10-8-19(9-11-20)12-13-26-34-25-7-2-1-6-24(25)27(36)35(26)23-5-3-4-21(14-23)33-28(37)31-17-22-16-30-18-32-22/h1-14,16,18H,17H2,(H,30,32)(H2,31,33,37)/b13-12+. The Bertz CT molecular complexity index is 1700. The van der Waals surface area contributed by atoms with Crippen molar-refractivity contribution in [1.29, 1.82) is 5.26 Å². The molecule has 0 unspecified atom stereocenters. The second kappa shape index (κ2) is 10.4. The molecule has 5 aromatic rings. The van der Waals surface area contributed by atoms with Crippen molar-refractivity contribution in [2.75, 3.05) is 5.32 Å². The average molecular weight is 488 g/mol. The minimum Gasteiger partial charge on any atom is -0.347 e. The zero-order valence-electron chi connectivity index (χ0n) is 19.6. The molecule has 0 spiro atoms. The molecule has 9 heteroatoms. The van der Waals surface area contributed by atoms with Gasteiger partial charge in [0.05, 0.1) is 46.8 Å². The van der Waals surface area contributed by atoms with E-state index in [4.69, 9.17) is 10.2 Å². The molecule has 37 heavy (non-hydrogen) atoms. The number of carbonyl (C=O) groups is 1. The number of fused-ring (bicyclic) bond motifs is 1. The highest BCUT2D eigenvalue weighted by Gasteiger charge is 2.12. The number of benzene rings is 3. The summed E-state index contributed by atoms with van der Waals surface area (Å²) in [6.07, 6.45) is 6.76. The molecule has 2 heterocycles. The lowest BCUT2D eigenvalue weighted by Crippen LogP contribution is -2.28. The van der Waals surface area contributed by atoms with Crippen LogP contribution >= 0.6 is 0 Å². The fourth-order valence-electron chi connectivity index (χ4n) is 3.81. The molecule has 5 rings (SSSR count). The van der Waals surface area contributed by atoms with Crippen LogP contribution in [0.3, 0.4) is 0 Å². The smallest absolute Gasteiger partial charge is 0.319 e. The van der Waals surface area contributed by atoms with Crippen LogP contribution in [0.5, 0.6) is 0 Å². The number of para-hydroxylation sites is 1. The number of aromatic amines is 1. The highest BCUT2D eigenvalue weighted by Crippen LogP contribution is 2.19. The van der Waals surface area contributed by atoms with Gasteiger partial charge in [0.25, 0.3) is 5.56 Å². The number of aromatic nitrogens is 4. The average Bonchev–Trinajstić information content (AvgIpc) is 3.45. The molecule has 3 N–H and O–H groups in total. The third kappa shape index (κ3) is 5.28. The van der Waals surface area contributed by atoms with Crippen molar-refractivity contribution in [1.82, 2.24) is 24.8 Å². The topological polar surface area (TPSA) is 128 Å². The van der Waals surface area contributed by atoms with Crippen LogP contribution < -0.4 is 16.2 Å². The summed E-state index contributed by atoms with van der Waals surface area (Å²) < 4.78 is 1.51. The van der Waals surface area contributed by atoms with Gasteiger partial charge >= 0.3 is 6.03 Å². The maximum atomic E-state index is 13.6. The minimum absolute atomic E-state index is 0.231. The summed E-state index contributed by atoms with van der Waals surface area (Å²) in [5.74, 6) is 0.425. The molecule has 0 aliphatic heterocycles. The van der Waals surface area contributed by atoms with Gasteiger partial charge in [0.1, 0.15) is 5.82 Å². The van der Waals surface area contributed by atoms with E-state index in [-0.39, 0.29) is 5.56 Å². The lowest BCUT2D eigenvalue weighted by atomic mass is 10.1. The highest BCUT2D eigenvalue weighted by molar-refractivity contribution is 5.89. The Morgan fingerprint density at radius 3 is 2.68 bits per heavy atom. The number of hydrogen-bond donors (Lipinski definition) is 3. The van der Waals surface area contributed by atoms with Crippen molar-refractivity contribution < 1.29 is 4.79 Å². The van der Waals surface area contributed by atoms with E-state index < -0.39 is 6.03 Å².